The average Bonchev–Trinajstić information content (AvgIpc) is 3.01. The van der Waals surface area contributed by atoms with Gasteiger partial charge >= 0.3 is 0 Å². The minimum absolute atomic E-state index is 0.347. The number of hydrogen-bond donors (Lipinski definition) is 2. The lowest BCUT2D eigenvalue weighted by molar-refractivity contribution is 0.383. The molecule has 2 aromatic carbocycles. The summed E-state index contributed by atoms with van der Waals surface area (Å²) in [6, 6.07) is 17.3. The van der Waals surface area contributed by atoms with Gasteiger partial charge in [-0.3, -0.25) is 0 Å². The van der Waals surface area contributed by atoms with Gasteiger partial charge in [-0.2, -0.15) is 0 Å². The zero-order valence-corrected chi connectivity index (χ0v) is 13.8. The molecule has 0 saturated heterocycles. The van der Waals surface area contributed by atoms with Crippen LogP contribution in [-0.2, 0) is 19.4 Å². The number of ether oxygens (including phenoxy) is 1. The van der Waals surface area contributed by atoms with Crippen molar-refractivity contribution in [1.29, 1.82) is 0 Å². The van der Waals surface area contributed by atoms with Gasteiger partial charge in [-0.05, 0) is 42.4 Å². The zero-order chi connectivity index (χ0) is 16.1. The van der Waals surface area contributed by atoms with E-state index in [4.69, 9.17) is 10.5 Å². The molecule has 0 bridgehead atoms. The van der Waals surface area contributed by atoms with Gasteiger partial charge in [0.15, 0.2) is 0 Å². The van der Waals surface area contributed by atoms with Gasteiger partial charge in [-0.1, -0.05) is 42.5 Å². The van der Waals surface area contributed by atoms with Crippen molar-refractivity contribution in [2.24, 2.45) is 11.7 Å². The van der Waals surface area contributed by atoms with Crippen molar-refractivity contribution in [1.82, 2.24) is 5.32 Å². The lowest BCUT2D eigenvalue weighted by Crippen LogP contribution is -2.37. The molecule has 0 amide bonds. The molecule has 122 valence electrons. The summed E-state index contributed by atoms with van der Waals surface area (Å²) in [5, 5.41) is 3.61. The number of methoxy groups -OCH3 is 1. The first-order chi connectivity index (χ1) is 11.3. The van der Waals surface area contributed by atoms with Crippen molar-refractivity contribution in [3.8, 4) is 5.75 Å². The van der Waals surface area contributed by atoms with Gasteiger partial charge in [0.2, 0.25) is 0 Å². The molecular weight excluding hydrogens is 284 g/mol. The van der Waals surface area contributed by atoms with Crippen LogP contribution in [0.4, 0.5) is 0 Å². The molecule has 3 heteroatoms. The van der Waals surface area contributed by atoms with Gasteiger partial charge in [-0.15, -0.1) is 0 Å². The second-order valence-electron chi connectivity index (χ2n) is 6.40. The fourth-order valence-electron chi connectivity index (χ4n) is 3.59. The molecule has 3 nitrogen and oxygen atoms in total. The van der Waals surface area contributed by atoms with E-state index in [1.807, 2.05) is 18.2 Å². The summed E-state index contributed by atoms with van der Waals surface area (Å²) in [6.07, 6.45) is 3.49. The van der Waals surface area contributed by atoms with Crippen LogP contribution in [0.1, 0.15) is 23.1 Å². The van der Waals surface area contributed by atoms with Crippen molar-refractivity contribution in [2.75, 3.05) is 13.7 Å². The summed E-state index contributed by atoms with van der Waals surface area (Å²) in [6.45, 7) is 1.47. The lowest BCUT2D eigenvalue weighted by atomic mass is 9.96. The van der Waals surface area contributed by atoms with E-state index in [0.29, 0.717) is 18.5 Å². The Balaban J connectivity index is 1.55. The third-order valence-electron chi connectivity index (χ3n) is 4.81. The van der Waals surface area contributed by atoms with Crippen LogP contribution in [0.2, 0.25) is 0 Å². The van der Waals surface area contributed by atoms with Crippen LogP contribution >= 0.6 is 0 Å². The second-order valence-corrected chi connectivity index (χ2v) is 6.40. The van der Waals surface area contributed by atoms with E-state index < -0.39 is 0 Å². The highest BCUT2D eigenvalue weighted by atomic mass is 16.5. The topological polar surface area (TPSA) is 47.3 Å². The molecule has 0 radical (unpaired) electrons. The van der Waals surface area contributed by atoms with Gasteiger partial charge in [0.1, 0.15) is 5.75 Å². The summed E-state index contributed by atoms with van der Waals surface area (Å²) in [5.74, 6) is 1.63. The minimum Gasteiger partial charge on any atom is -0.496 e. The Kier molecular flexibility index (Phi) is 5.31. The van der Waals surface area contributed by atoms with E-state index in [9.17, 15) is 0 Å². The summed E-state index contributed by atoms with van der Waals surface area (Å²) >= 11 is 0. The molecule has 0 fully saturated rings. The first kappa shape index (κ1) is 16.0. The van der Waals surface area contributed by atoms with E-state index in [-0.39, 0.29) is 0 Å². The Morgan fingerprint density at radius 1 is 1.09 bits per heavy atom. The second kappa shape index (κ2) is 7.62. The third-order valence-corrected chi connectivity index (χ3v) is 4.81. The quantitative estimate of drug-likeness (QED) is 0.826. The summed E-state index contributed by atoms with van der Waals surface area (Å²) in [5.41, 5.74) is 10.2. The van der Waals surface area contributed by atoms with Crippen LogP contribution in [0.3, 0.4) is 0 Å². The maximum absolute atomic E-state index is 6.00. The number of nitrogens with one attached hydrogen (secondary N) is 1. The van der Waals surface area contributed by atoms with Crippen molar-refractivity contribution in [2.45, 2.75) is 31.8 Å². The van der Waals surface area contributed by atoms with Gasteiger partial charge in [0.05, 0.1) is 7.11 Å². The highest BCUT2D eigenvalue weighted by Crippen LogP contribution is 2.29. The Bertz CT molecular complexity index is 616. The molecular formula is C20H26N2O. The van der Waals surface area contributed by atoms with E-state index in [1.54, 1.807) is 7.11 Å². The van der Waals surface area contributed by atoms with Crippen LogP contribution in [-0.4, -0.2) is 19.7 Å². The maximum Gasteiger partial charge on any atom is 0.123 e. The molecule has 2 aromatic rings. The van der Waals surface area contributed by atoms with Crippen LogP contribution in [0.5, 0.6) is 5.75 Å². The molecule has 0 spiro atoms. The predicted molar refractivity (Wildman–Crippen MR) is 94.6 cm³/mol. The number of nitrogens with two attached hydrogens (primary N) is 1. The zero-order valence-electron chi connectivity index (χ0n) is 13.8. The molecule has 0 saturated carbocycles. The SMILES string of the molecule is COc1ccccc1CNC(CN)CC1Cc2ccccc2C1. The Morgan fingerprint density at radius 3 is 2.39 bits per heavy atom. The van der Waals surface area contributed by atoms with Crippen molar-refractivity contribution in [3.63, 3.8) is 0 Å². The van der Waals surface area contributed by atoms with Gasteiger partial charge in [0.25, 0.3) is 0 Å². The normalized spacial score (nSPS) is 15.4. The molecule has 1 aliphatic carbocycles. The van der Waals surface area contributed by atoms with Crippen LogP contribution in [0.25, 0.3) is 0 Å². The van der Waals surface area contributed by atoms with E-state index >= 15 is 0 Å². The molecule has 1 unspecified atom stereocenters. The molecule has 0 aromatic heterocycles. The standard InChI is InChI=1S/C20H26N2O/c1-23-20-9-5-4-8-18(20)14-22-19(13-21)12-15-10-16-6-2-3-7-17(16)11-15/h2-9,15,19,22H,10-14,21H2,1H3. The molecule has 3 N–H and O–H groups in total. The van der Waals surface area contributed by atoms with Gasteiger partial charge in [-0.25, -0.2) is 0 Å². The number of fused-ring (bicyclic) bond motifs is 1. The smallest absolute Gasteiger partial charge is 0.123 e. The maximum atomic E-state index is 6.00. The molecule has 0 aliphatic heterocycles. The first-order valence-corrected chi connectivity index (χ1v) is 8.42. The van der Waals surface area contributed by atoms with Crippen molar-refractivity contribution >= 4 is 0 Å². The van der Waals surface area contributed by atoms with Gasteiger partial charge < -0.3 is 15.8 Å². The van der Waals surface area contributed by atoms with E-state index in [2.05, 4.69) is 35.6 Å². The fourth-order valence-corrected chi connectivity index (χ4v) is 3.59. The summed E-state index contributed by atoms with van der Waals surface area (Å²) in [4.78, 5) is 0. The fraction of sp³-hybridized carbons (Fsp3) is 0.400. The highest BCUT2D eigenvalue weighted by Gasteiger charge is 2.23. The largest absolute Gasteiger partial charge is 0.496 e. The molecule has 1 atom stereocenters. The minimum atomic E-state index is 0.347. The first-order valence-electron chi connectivity index (χ1n) is 8.42. The number of hydrogen-bond acceptors (Lipinski definition) is 3. The Morgan fingerprint density at radius 2 is 1.74 bits per heavy atom. The lowest BCUT2D eigenvalue weighted by Gasteiger charge is -2.21. The predicted octanol–water partition coefficient (Wildman–Crippen LogP) is 2.92. The number of benzene rings is 2. The molecule has 23 heavy (non-hydrogen) atoms. The van der Waals surface area contributed by atoms with Crippen LogP contribution in [0, 0.1) is 5.92 Å². The van der Waals surface area contributed by atoms with Gasteiger partial charge in [0, 0.05) is 24.7 Å². The Labute approximate surface area is 138 Å². The third kappa shape index (κ3) is 3.92. The highest BCUT2D eigenvalue weighted by molar-refractivity contribution is 5.33. The Hall–Kier alpha value is -1.84. The molecule has 3 rings (SSSR count). The molecule has 0 heterocycles. The van der Waals surface area contributed by atoms with E-state index in [0.717, 1.165) is 18.7 Å². The monoisotopic (exact) mass is 310 g/mol. The van der Waals surface area contributed by atoms with Crippen molar-refractivity contribution < 1.29 is 4.74 Å². The van der Waals surface area contributed by atoms with Crippen LogP contribution in [0.15, 0.2) is 48.5 Å². The molecule has 1 aliphatic rings. The van der Waals surface area contributed by atoms with E-state index in [1.165, 1.54) is 29.5 Å². The van der Waals surface area contributed by atoms with Crippen molar-refractivity contribution in [3.05, 3.63) is 65.2 Å². The number of para-hydroxylation sites is 1. The average molecular weight is 310 g/mol. The summed E-state index contributed by atoms with van der Waals surface area (Å²) < 4.78 is 5.42. The van der Waals surface area contributed by atoms with Crippen LogP contribution < -0.4 is 15.8 Å². The summed E-state index contributed by atoms with van der Waals surface area (Å²) in [7, 11) is 1.72. The number of rotatable bonds is 7.